The third kappa shape index (κ3) is 5.20. The highest BCUT2D eigenvalue weighted by molar-refractivity contribution is 5.88. The van der Waals surface area contributed by atoms with Gasteiger partial charge in [0.25, 0.3) is 0 Å². The van der Waals surface area contributed by atoms with Crippen LogP contribution in [0.2, 0.25) is 0 Å². The van der Waals surface area contributed by atoms with Crippen molar-refractivity contribution in [1.82, 2.24) is 9.78 Å². The molecule has 8 heteroatoms. The first-order valence-corrected chi connectivity index (χ1v) is 9.00. The average molecular weight is 414 g/mol. The van der Waals surface area contributed by atoms with Gasteiger partial charge in [-0.2, -0.15) is 18.3 Å². The molecule has 0 saturated heterocycles. The normalized spacial score (nSPS) is 11.0. The fraction of sp³-hybridized carbons (Fsp3) is 0.182. The highest BCUT2D eigenvalue weighted by atomic mass is 19.4. The molecule has 0 aliphatic rings. The van der Waals surface area contributed by atoms with Crippen molar-refractivity contribution in [3.05, 3.63) is 82.7 Å². The molecule has 5 nitrogen and oxygen atoms in total. The van der Waals surface area contributed by atoms with Gasteiger partial charge in [0.1, 0.15) is 5.75 Å². The summed E-state index contributed by atoms with van der Waals surface area (Å²) < 4.78 is 41.4. The molecule has 0 unspecified atom stereocenters. The van der Waals surface area contributed by atoms with E-state index in [-0.39, 0.29) is 11.1 Å². The Morgan fingerprint density at radius 2 is 1.83 bits per heavy atom. The van der Waals surface area contributed by atoms with E-state index >= 15 is 0 Å². The Bertz CT molecular complexity index is 1110. The van der Waals surface area contributed by atoms with Crippen molar-refractivity contribution in [3.63, 3.8) is 0 Å². The molecule has 0 spiro atoms. The third-order valence-corrected chi connectivity index (χ3v) is 4.39. The maximum absolute atomic E-state index is 13.2. The zero-order valence-electron chi connectivity index (χ0n) is 15.6. The number of carboxylic acid groups (broad SMARTS) is 1. The molecule has 0 radical (unpaired) electrons. The molecule has 2 aromatic carbocycles. The second-order valence-electron chi connectivity index (χ2n) is 6.53. The Morgan fingerprint density at radius 1 is 1.10 bits per heavy atom. The number of carbonyl (C=O) groups is 1. The summed E-state index contributed by atoms with van der Waals surface area (Å²) in [6, 6.07) is 9.00. The summed E-state index contributed by atoms with van der Waals surface area (Å²) in [5.41, 5.74) is -0.152. The fourth-order valence-corrected chi connectivity index (χ4v) is 2.93. The SMILES string of the molecule is O=C(O)c1ccc(C#Cc2ccc(O)cc2C(F)(F)F)c(CCCn2cccn2)c1. The summed E-state index contributed by atoms with van der Waals surface area (Å²) in [6.45, 7) is 0.605. The Hall–Kier alpha value is -3.73. The summed E-state index contributed by atoms with van der Waals surface area (Å²) >= 11 is 0. The molecule has 0 saturated carbocycles. The van der Waals surface area contributed by atoms with Crippen LogP contribution < -0.4 is 0 Å². The van der Waals surface area contributed by atoms with E-state index in [1.807, 2.05) is 0 Å². The molecule has 3 rings (SSSR count). The number of hydrogen-bond acceptors (Lipinski definition) is 3. The molecule has 0 amide bonds. The van der Waals surface area contributed by atoms with Gasteiger partial charge in [0.2, 0.25) is 0 Å². The molecule has 0 atom stereocenters. The second-order valence-corrected chi connectivity index (χ2v) is 6.53. The number of benzene rings is 2. The Kier molecular flexibility index (Phi) is 6.11. The van der Waals surface area contributed by atoms with Crippen molar-refractivity contribution in [2.75, 3.05) is 0 Å². The first kappa shape index (κ1) is 21.0. The molecule has 0 aliphatic carbocycles. The van der Waals surface area contributed by atoms with E-state index in [9.17, 15) is 28.2 Å². The van der Waals surface area contributed by atoms with E-state index in [0.717, 1.165) is 12.1 Å². The number of halogens is 3. The lowest BCUT2D eigenvalue weighted by Gasteiger charge is -2.10. The van der Waals surface area contributed by atoms with Gasteiger partial charge in [-0.25, -0.2) is 4.79 Å². The van der Waals surface area contributed by atoms with Gasteiger partial charge >= 0.3 is 12.1 Å². The highest BCUT2D eigenvalue weighted by Crippen LogP contribution is 2.33. The summed E-state index contributed by atoms with van der Waals surface area (Å²) in [6.07, 6.45) is -0.0859. The number of aromatic carboxylic acids is 1. The van der Waals surface area contributed by atoms with Gasteiger partial charge in [-0.3, -0.25) is 4.68 Å². The van der Waals surface area contributed by atoms with Crippen LogP contribution in [0.5, 0.6) is 5.75 Å². The maximum atomic E-state index is 13.2. The molecule has 1 aromatic heterocycles. The Balaban J connectivity index is 1.92. The molecule has 30 heavy (non-hydrogen) atoms. The minimum absolute atomic E-state index is 0.0789. The minimum atomic E-state index is -4.66. The predicted octanol–water partition coefficient (Wildman–Crippen LogP) is 4.34. The number of aryl methyl sites for hydroxylation is 2. The molecule has 3 aromatic rings. The molecular weight excluding hydrogens is 397 g/mol. The van der Waals surface area contributed by atoms with E-state index in [1.54, 1.807) is 23.1 Å². The zero-order chi connectivity index (χ0) is 21.7. The standard InChI is InChI=1S/C22H17F3N2O3/c23-22(24,25)20-14-19(28)9-8-16(20)6-4-15-5-7-18(21(29)30)13-17(15)3-1-11-27-12-2-10-26-27/h2,5,7-10,12-14,28H,1,3,11H2,(H,29,30). The van der Waals surface area contributed by atoms with Crippen LogP contribution in [0.25, 0.3) is 0 Å². The number of nitrogens with zero attached hydrogens (tertiary/aromatic N) is 2. The van der Waals surface area contributed by atoms with Crippen LogP contribution in [0.1, 0.15) is 39.0 Å². The predicted molar refractivity (Wildman–Crippen MR) is 103 cm³/mol. The van der Waals surface area contributed by atoms with Crippen molar-refractivity contribution in [2.45, 2.75) is 25.6 Å². The summed E-state index contributed by atoms with van der Waals surface area (Å²) in [4.78, 5) is 11.3. The topological polar surface area (TPSA) is 75.3 Å². The van der Waals surface area contributed by atoms with Crippen LogP contribution in [0, 0.1) is 11.8 Å². The highest BCUT2D eigenvalue weighted by Gasteiger charge is 2.33. The van der Waals surface area contributed by atoms with Gasteiger partial charge in [-0.15, -0.1) is 0 Å². The lowest BCUT2D eigenvalue weighted by Crippen LogP contribution is -2.07. The second kappa shape index (κ2) is 8.74. The number of rotatable bonds is 5. The molecule has 1 heterocycles. The quantitative estimate of drug-likeness (QED) is 0.609. The third-order valence-electron chi connectivity index (χ3n) is 4.39. The minimum Gasteiger partial charge on any atom is -0.508 e. The van der Waals surface area contributed by atoms with Crippen molar-refractivity contribution in [2.24, 2.45) is 0 Å². The molecule has 0 fully saturated rings. The monoisotopic (exact) mass is 414 g/mol. The van der Waals surface area contributed by atoms with Crippen molar-refractivity contribution < 1.29 is 28.2 Å². The van der Waals surface area contributed by atoms with Crippen LogP contribution >= 0.6 is 0 Å². The van der Waals surface area contributed by atoms with Crippen molar-refractivity contribution >= 4 is 5.97 Å². The molecular formula is C22H17F3N2O3. The van der Waals surface area contributed by atoms with E-state index in [0.29, 0.717) is 36.6 Å². The largest absolute Gasteiger partial charge is 0.508 e. The summed E-state index contributed by atoms with van der Waals surface area (Å²) in [7, 11) is 0. The fourth-order valence-electron chi connectivity index (χ4n) is 2.93. The van der Waals surface area contributed by atoms with Crippen molar-refractivity contribution in [3.8, 4) is 17.6 Å². The van der Waals surface area contributed by atoms with Gasteiger partial charge < -0.3 is 10.2 Å². The van der Waals surface area contributed by atoms with Gasteiger partial charge in [0, 0.05) is 30.1 Å². The number of phenols is 1. The van der Waals surface area contributed by atoms with Gasteiger partial charge in [-0.1, -0.05) is 11.8 Å². The first-order valence-electron chi connectivity index (χ1n) is 9.00. The van der Waals surface area contributed by atoms with Crippen LogP contribution in [-0.4, -0.2) is 26.0 Å². The molecule has 0 bridgehead atoms. The van der Waals surface area contributed by atoms with E-state index in [1.165, 1.54) is 18.2 Å². The average Bonchev–Trinajstić information content (AvgIpc) is 3.20. The van der Waals surface area contributed by atoms with Crippen molar-refractivity contribution in [1.29, 1.82) is 0 Å². The Morgan fingerprint density at radius 3 is 2.50 bits per heavy atom. The van der Waals surface area contributed by atoms with Gasteiger partial charge in [-0.05, 0) is 60.9 Å². The number of carboxylic acids is 1. The lowest BCUT2D eigenvalue weighted by atomic mass is 9.99. The van der Waals surface area contributed by atoms with Gasteiger partial charge in [0.05, 0.1) is 11.1 Å². The lowest BCUT2D eigenvalue weighted by molar-refractivity contribution is -0.137. The van der Waals surface area contributed by atoms with E-state index < -0.39 is 23.5 Å². The van der Waals surface area contributed by atoms with Crippen LogP contribution in [0.4, 0.5) is 13.2 Å². The summed E-state index contributed by atoms with van der Waals surface area (Å²) in [5.74, 6) is 3.64. The number of hydrogen-bond donors (Lipinski definition) is 2. The van der Waals surface area contributed by atoms with E-state index in [4.69, 9.17) is 0 Å². The number of aromatic nitrogens is 2. The zero-order valence-corrected chi connectivity index (χ0v) is 15.6. The molecule has 2 N–H and O–H groups in total. The Labute approximate surface area is 170 Å². The number of phenolic OH excluding ortho intramolecular Hbond substituents is 1. The maximum Gasteiger partial charge on any atom is 0.417 e. The smallest absolute Gasteiger partial charge is 0.417 e. The number of aromatic hydroxyl groups is 1. The van der Waals surface area contributed by atoms with E-state index in [2.05, 4.69) is 16.9 Å². The van der Waals surface area contributed by atoms with Gasteiger partial charge in [0.15, 0.2) is 0 Å². The number of alkyl halides is 3. The van der Waals surface area contributed by atoms with Crippen LogP contribution in [0.3, 0.4) is 0 Å². The molecule has 154 valence electrons. The van der Waals surface area contributed by atoms with Crippen LogP contribution in [0.15, 0.2) is 54.9 Å². The first-order chi connectivity index (χ1) is 14.2. The van der Waals surface area contributed by atoms with Crippen LogP contribution in [-0.2, 0) is 19.1 Å². The summed E-state index contributed by atoms with van der Waals surface area (Å²) in [5, 5.41) is 22.7. The molecule has 0 aliphatic heterocycles.